The lowest BCUT2D eigenvalue weighted by molar-refractivity contribution is 0.101. The molecule has 2 aromatic carbocycles. The van der Waals surface area contributed by atoms with Crippen molar-refractivity contribution in [3.8, 4) is 0 Å². The third-order valence-corrected chi connectivity index (χ3v) is 8.65. The highest BCUT2D eigenvalue weighted by molar-refractivity contribution is 7.92. The first-order chi connectivity index (χ1) is 17.4. The number of hydrogen-bond donors (Lipinski definition) is 2. The molecule has 0 saturated heterocycles. The van der Waals surface area contributed by atoms with Crippen LogP contribution in [0.15, 0.2) is 65.7 Å². The largest absolute Gasteiger partial charge is 0.320 e. The van der Waals surface area contributed by atoms with Gasteiger partial charge in [0.2, 0.25) is 10.0 Å². The summed E-state index contributed by atoms with van der Waals surface area (Å²) in [5, 5.41) is 2.69. The van der Waals surface area contributed by atoms with E-state index >= 15 is 0 Å². The summed E-state index contributed by atoms with van der Waals surface area (Å²) in [6.45, 7) is 3.20. The molecule has 13 heteroatoms. The number of halogens is 2. The Morgan fingerprint density at radius 3 is 2.41 bits per heavy atom. The number of benzene rings is 2. The van der Waals surface area contributed by atoms with Crippen molar-refractivity contribution in [1.82, 2.24) is 8.96 Å². The van der Waals surface area contributed by atoms with E-state index in [4.69, 9.17) is 0 Å². The molecule has 0 aliphatic rings. The van der Waals surface area contributed by atoms with Crippen molar-refractivity contribution in [1.29, 1.82) is 0 Å². The molecule has 0 atom stereocenters. The quantitative estimate of drug-likeness (QED) is 0.339. The van der Waals surface area contributed by atoms with Gasteiger partial charge in [-0.05, 0) is 49.7 Å². The standard InChI is InChI=1S/C24H22F2N4O5S2/c1-3-11-36(32,33)29-20-10-9-19(25)21(22(20)26)24(31)28-17-13-16-12-15(2)30(23(16)27-14-17)37(34,35)18-7-5-4-6-8-18/h4-10,12-14,29H,3,11H2,1-2H3,(H,28,31). The van der Waals surface area contributed by atoms with Gasteiger partial charge < -0.3 is 5.32 Å². The minimum absolute atomic E-state index is 0.0440. The van der Waals surface area contributed by atoms with Crippen LogP contribution in [-0.2, 0) is 20.0 Å². The van der Waals surface area contributed by atoms with Gasteiger partial charge in [0, 0.05) is 11.1 Å². The van der Waals surface area contributed by atoms with Gasteiger partial charge in [0.1, 0.15) is 11.4 Å². The number of nitrogens with one attached hydrogen (secondary N) is 2. The number of anilines is 2. The molecule has 194 valence electrons. The predicted octanol–water partition coefficient (Wildman–Crippen LogP) is 4.26. The first-order valence-corrected chi connectivity index (χ1v) is 14.1. The SMILES string of the molecule is CCCS(=O)(=O)Nc1ccc(F)c(C(=O)Nc2cnc3c(c2)cc(C)n3S(=O)(=O)c2ccccc2)c1F. The first kappa shape index (κ1) is 26.2. The number of nitrogens with zero attached hydrogens (tertiary/aromatic N) is 2. The molecule has 0 spiro atoms. The second-order valence-electron chi connectivity index (χ2n) is 8.16. The van der Waals surface area contributed by atoms with Crippen molar-refractivity contribution in [2.45, 2.75) is 25.2 Å². The number of carbonyl (C=O) groups excluding carboxylic acids is 1. The average Bonchev–Trinajstić information content (AvgIpc) is 3.17. The molecular formula is C24H22F2N4O5S2. The molecule has 0 aliphatic heterocycles. The highest BCUT2D eigenvalue weighted by Crippen LogP contribution is 2.27. The maximum absolute atomic E-state index is 14.9. The van der Waals surface area contributed by atoms with Crippen LogP contribution in [-0.4, -0.2) is 37.5 Å². The lowest BCUT2D eigenvalue weighted by Gasteiger charge is -2.12. The Morgan fingerprint density at radius 2 is 1.73 bits per heavy atom. The van der Waals surface area contributed by atoms with Gasteiger partial charge in [-0.25, -0.2) is 34.6 Å². The molecule has 1 amide bonds. The molecule has 2 N–H and O–H groups in total. The van der Waals surface area contributed by atoms with Gasteiger partial charge in [0.05, 0.1) is 28.2 Å². The number of pyridine rings is 1. The molecule has 4 rings (SSSR count). The Morgan fingerprint density at radius 1 is 1.03 bits per heavy atom. The Hall–Kier alpha value is -3.84. The molecule has 0 radical (unpaired) electrons. The van der Waals surface area contributed by atoms with Crippen LogP contribution in [0.2, 0.25) is 0 Å². The van der Waals surface area contributed by atoms with E-state index in [0.717, 1.165) is 22.3 Å². The maximum atomic E-state index is 14.9. The number of amides is 1. The third kappa shape index (κ3) is 5.18. The summed E-state index contributed by atoms with van der Waals surface area (Å²) < 4.78 is 82.7. The van der Waals surface area contributed by atoms with E-state index < -0.39 is 48.8 Å². The molecule has 2 heterocycles. The van der Waals surface area contributed by atoms with Crippen molar-refractivity contribution in [3.63, 3.8) is 0 Å². The van der Waals surface area contributed by atoms with Gasteiger partial charge in [-0.3, -0.25) is 9.52 Å². The summed E-state index contributed by atoms with van der Waals surface area (Å²) in [7, 11) is -7.84. The highest BCUT2D eigenvalue weighted by atomic mass is 32.2. The van der Waals surface area contributed by atoms with Gasteiger partial charge >= 0.3 is 0 Å². The van der Waals surface area contributed by atoms with E-state index in [0.29, 0.717) is 11.1 Å². The smallest absolute Gasteiger partial charge is 0.269 e. The molecular weight excluding hydrogens is 526 g/mol. The molecule has 37 heavy (non-hydrogen) atoms. The summed E-state index contributed by atoms with van der Waals surface area (Å²) >= 11 is 0. The molecule has 0 bridgehead atoms. The van der Waals surface area contributed by atoms with Crippen molar-refractivity contribution in [2.75, 3.05) is 15.8 Å². The normalized spacial score (nSPS) is 12.0. The first-order valence-electron chi connectivity index (χ1n) is 11.0. The molecule has 0 saturated carbocycles. The van der Waals surface area contributed by atoms with Crippen LogP contribution in [0.1, 0.15) is 29.4 Å². The van der Waals surface area contributed by atoms with Crippen LogP contribution in [0, 0.1) is 18.6 Å². The van der Waals surface area contributed by atoms with E-state index in [-0.39, 0.29) is 28.4 Å². The Kier molecular flexibility index (Phi) is 7.02. The van der Waals surface area contributed by atoms with Crippen LogP contribution in [0.4, 0.5) is 20.2 Å². The monoisotopic (exact) mass is 548 g/mol. The van der Waals surface area contributed by atoms with Crippen LogP contribution in [0.3, 0.4) is 0 Å². The molecule has 0 fully saturated rings. The summed E-state index contributed by atoms with van der Waals surface area (Å²) in [5.41, 5.74) is -1.05. The van der Waals surface area contributed by atoms with Crippen molar-refractivity contribution in [3.05, 3.63) is 83.7 Å². The van der Waals surface area contributed by atoms with Crippen molar-refractivity contribution < 1.29 is 30.4 Å². The van der Waals surface area contributed by atoms with Gasteiger partial charge in [-0.2, -0.15) is 0 Å². The van der Waals surface area contributed by atoms with E-state index in [1.807, 2.05) is 4.72 Å². The molecule has 9 nitrogen and oxygen atoms in total. The minimum atomic E-state index is -3.96. The zero-order chi connectivity index (χ0) is 27.0. The van der Waals surface area contributed by atoms with E-state index in [1.165, 1.54) is 18.2 Å². The van der Waals surface area contributed by atoms with E-state index in [2.05, 4.69) is 10.3 Å². The topological polar surface area (TPSA) is 127 Å². The van der Waals surface area contributed by atoms with Crippen molar-refractivity contribution in [2.24, 2.45) is 0 Å². The third-order valence-electron chi connectivity index (χ3n) is 5.37. The summed E-state index contributed by atoms with van der Waals surface area (Å²) in [4.78, 5) is 17.0. The number of hydrogen-bond acceptors (Lipinski definition) is 6. The maximum Gasteiger partial charge on any atom is 0.269 e. The summed E-state index contributed by atoms with van der Waals surface area (Å²) in [6, 6.07) is 12.4. The summed E-state index contributed by atoms with van der Waals surface area (Å²) in [5.74, 6) is -4.03. The van der Waals surface area contributed by atoms with Gasteiger partial charge in [0.25, 0.3) is 15.9 Å². The van der Waals surface area contributed by atoms with Crippen LogP contribution in [0.25, 0.3) is 11.0 Å². The van der Waals surface area contributed by atoms with Gasteiger partial charge in [-0.1, -0.05) is 25.1 Å². The van der Waals surface area contributed by atoms with Crippen LogP contribution in [0.5, 0.6) is 0 Å². The fraction of sp³-hybridized carbons (Fsp3) is 0.167. The lowest BCUT2D eigenvalue weighted by Crippen LogP contribution is -2.20. The lowest BCUT2D eigenvalue weighted by atomic mass is 10.1. The molecule has 2 aromatic heterocycles. The number of sulfonamides is 1. The van der Waals surface area contributed by atoms with Gasteiger partial charge in [-0.15, -0.1) is 0 Å². The number of carbonyl (C=O) groups is 1. The fourth-order valence-electron chi connectivity index (χ4n) is 3.79. The second-order valence-corrected chi connectivity index (χ2v) is 11.8. The molecule has 4 aromatic rings. The predicted molar refractivity (Wildman–Crippen MR) is 136 cm³/mol. The Labute approximate surface area is 212 Å². The number of aryl methyl sites for hydroxylation is 1. The Bertz CT molecular complexity index is 1720. The Balaban J connectivity index is 1.67. The zero-order valence-electron chi connectivity index (χ0n) is 19.7. The zero-order valence-corrected chi connectivity index (χ0v) is 21.3. The van der Waals surface area contributed by atoms with E-state index in [9.17, 15) is 30.4 Å². The van der Waals surface area contributed by atoms with Crippen LogP contribution < -0.4 is 10.0 Å². The number of rotatable bonds is 8. The molecule has 0 unspecified atom stereocenters. The van der Waals surface area contributed by atoms with Crippen molar-refractivity contribution >= 4 is 48.4 Å². The summed E-state index contributed by atoms with van der Waals surface area (Å²) in [6.07, 6.45) is 1.43. The van der Waals surface area contributed by atoms with Gasteiger partial charge in [0.15, 0.2) is 11.5 Å². The van der Waals surface area contributed by atoms with E-state index in [1.54, 1.807) is 38.1 Å². The molecule has 0 aliphatic carbocycles. The average molecular weight is 549 g/mol. The fourth-order valence-corrected chi connectivity index (χ4v) is 6.45. The second kappa shape index (κ2) is 9.90. The number of aromatic nitrogens is 2. The minimum Gasteiger partial charge on any atom is -0.320 e. The highest BCUT2D eigenvalue weighted by Gasteiger charge is 2.25. The van der Waals surface area contributed by atoms with Crippen LogP contribution >= 0.6 is 0 Å². The number of fused-ring (bicyclic) bond motifs is 1.